The van der Waals surface area contributed by atoms with E-state index in [0.29, 0.717) is 6.54 Å². The number of rotatable bonds is 4. The third-order valence-corrected chi connectivity index (χ3v) is 5.31. The minimum atomic E-state index is -3.64. The monoisotopic (exact) mass is 345 g/mol. The summed E-state index contributed by atoms with van der Waals surface area (Å²) in [6.45, 7) is 0.326. The van der Waals surface area contributed by atoms with Crippen LogP contribution in [0, 0.1) is 0 Å². The van der Waals surface area contributed by atoms with E-state index in [9.17, 15) is 18.0 Å². The fourth-order valence-electron chi connectivity index (χ4n) is 2.43. The van der Waals surface area contributed by atoms with Gasteiger partial charge in [0.1, 0.15) is 0 Å². The lowest BCUT2D eigenvalue weighted by Gasteiger charge is -2.15. The maximum atomic E-state index is 12.2. The summed E-state index contributed by atoms with van der Waals surface area (Å²) in [6.07, 6.45) is 3.22. The van der Waals surface area contributed by atoms with Gasteiger partial charge in [-0.05, 0) is 35.9 Å². The third-order valence-electron chi connectivity index (χ3n) is 3.62. The second-order valence-electron chi connectivity index (χ2n) is 5.31. The van der Waals surface area contributed by atoms with Crippen LogP contribution in [0.3, 0.4) is 0 Å². The molecule has 0 unspecified atom stereocenters. The van der Waals surface area contributed by atoms with E-state index < -0.39 is 15.9 Å². The molecule has 0 bridgehead atoms. The highest BCUT2D eigenvalue weighted by molar-refractivity contribution is 7.94. The van der Waals surface area contributed by atoms with Gasteiger partial charge in [-0.25, -0.2) is 12.7 Å². The fourth-order valence-corrected chi connectivity index (χ4v) is 3.88. The largest absolute Gasteiger partial charge is 0.348 e. The lowest BCUT2D eigenvalue weighted by molar-refractivity contribution is -0.116. The van der Waals surface area contributed by atoms with Crippen molar-refractivity contribution in [3.8, 4) is 0 Å². The molecule has 0 aliphatic carbocycles. The molecule has 2 heterocycles. The molecular formula is C16H15N3O4S. The van der Waals surface area contributed by atoms with Gasteiger partial charge in [0.2, 0.25) is 15.9 Å². The lowest BCUT2D eigenvalue weighted by Crippen LogP contribution is -2.30. The van der Waals surface area contributed by atoms with Crippen LogP contribution < -0.4 is 9.62 Å². The standard InChI is InChI=1S/C16H15N3O4S/c20-15-6-9-24(22,23)19(15)14-3-1-2-13(10-14)16(21)18-11-12-4-7-17-8-5-12/h1-5,7-8,10H,6,9,11H2,(H,18,21). The van der Waals surface area contributed by atoms with Crippen LogP contribution in [0.4, 0.5) is 5.69 Å². The van der Waals surface area contributed by atoms with Gasteiger partial charge in [0.25, 0.3) is 5.91 Å². The second-order valence-corrected chi connectivity index (χ2v) is 7.25. The molecule has 124 valence electrons. The predicted octanol–water partition coefficient (Wildman–Crippen LogP) is 1.08. The zero-order valence-electron chi connectivity index (χ0n) is 12.7. The molecule has 1 saturated heterocycles. The van der Waals surface area contributed by atoms with Gasteiger partial charge >= 0.3 is 0 Å². The number of anilines is 1. The van der Waals surface area contributed by atoms with Gasteiger partial charge in [0.05, 0.1) is 11.4 Å². The van der Waals surface area contributed by atoms with Crippen molar-refractivity contribution < 1.29 is 18.0 Å². The van der Waals surface area contributed by atoms with E-state index in [4.69, 9.17) is 0 Å². The van der Waals surface area contributed by atoms with Gasteiger partial charge in [0.15, 0.2) is 0 Å². The van der Waals surface area contributed by atoms with Crippen LogP contribution in [0.2, 0.25) is 0 Å². The first-order valence-electron chi connectivity index (χ1n) is 7.30. The number of nitrogens with zero attached hydrogens (tertiary/aromatic N) is 2. The zero-order chi connectivity index (χ0) is 17.2. The predicted molar refractivity (Wildman–Crippen MR) is 87.7 cm³/mol. The van der Waals surface area contributed by atoms with Crippen LogP contribution in [-0.2, 0) is 21.4 Å². The number of hydrogen-bond donors (Lipinski definition) is 1. The van der Waals surface area contributed by atoms with Crippen molar-refractivity contribution in [2.45, 2.75) is 13.0 Å². The number of amides is 2. The average Bonchev–Trinajstić information content (AvgIpc) is 2.86. The molecule has 0 spiro atoms. The summed E-state index contributed by atoms with van der Waals surface area (Å²) in [6, 6.07) is 9.60. The molecule has 1 aliphatic heterocycles. The number of aromatic nitrogens is 1. The topological polar surface area (TPSA) is 96.4 Å². The summed E-state index contributed by atoms with van der Waals surface area (Å²) in [7, 11) is -3.64. The molecule has 3 rings (SSSR count). The number of hydrogen-bond acceptors (Lipinski definition) is 5. The van der Waals surface area contributed by atoms with Crippen LogP contribution in [-0.4, -0.2) is 31.0 Å². The summed E-state index contributed by atoms with van der Waals surface area (Å²) >= 11 is 0. The van der Waals surface area contributed by atoms with Crippen molar-refractivity contribution in [2.24, 2.45) is 0 Å². The van der Waals surface area contributed by atoms with Gasteiger partial charge in [-0.1, -0.05) is 6.07 Å². The molecule has 1 fully saturated rings. The van der Waals surface area contributed by atoms with Crippen molar-refractivity contribution in [3.63, 3.8) is 0 Å². The highest BCUT2D eigenvalue weighted by Gasteiger charge is 2.36. The molecule has 0 atom stereocenters. The van der Waals surface area contributed by atoms with Gasteiger partial charge < -0.3 is 5.32 Å². The summed E-state index contributed by atoms with van der Waals surface area (Å²) in [4.78, 5) is 28.0. The van der Waals surface area contributed by atoms with Gasteiger partial charge in [-0.3, -0.25) is 14.6 Å². The molecule has 1 aromatic heterocycles. The van der Waals surface area contributed by atoms with Crippen molar-refractivity contribution in [3.05, 3.63) is 59.9 Å². The maximum absolute atomic E-state index is 12.2. The molecule has 7 nitrogen and oxygen atoms in total. The minimum absolute atomic E-state index is 0.0409. The van der Waals surface area contributed by atoms with Gasteiger partial charge in [-0.2, -0.15) is 0 Å². The van der Waals surface area contributed by atoms with Crippen LogP contribution in [0.1, 0.15) is 22.3 Å². The number of nitrogens with one attached hydrogen (secondary N) is 1. The van der Waals surface area contributed by atoms with Crippen LogP contribution in [0.15, 0.2) is 48.8 Å². The second kappa shape index (κ2) is 6.40. The SMILES string of the molecule is O=C(NCc1ccncc1)c1cccc(N2C(=O)CCS2(=O)=O)c1. The smallest absolute Gasteiger partial charge is 0.251 e. The van der Waals surface area contributed by atoms with Crippen molar-refractivity contribution in [2.75, 3.05) is 10.1 Å². The summed E-state index contributed by atoms with van der Waals surface area (Å²) in [5.74, 6) is -1.04. The Morgan fingerprint density at radius 3 is 2.62 bits per heavy atom. The highest BCUT2D eigenvalue weighted by atomic mass is 32.2. The van der Waals surface area contributed by atoms with Crippen LogP contribution in [0.25, 0.3) is 0 Å². The molecular weight excluding hydrogens is 330 g/mol. The quantitative estimate of drug-likeness (QED) is 0.894. The summed E-state index contributed by atoms with van der Waals surface area (Å²) < 4.78 is 24.7. The summed E-state index contributed by atoms with van der Waals surface area (Å²) in [5.41, 5.74) is 1.37. The Hall–Kier alpha value is -2.74. The molecule has 24 heavy (non-hydrogen) atoms. The van der Waals surface area contributed by atoms with Crippen molar-refractivity contribution >= 4 is 27.5 Å². The minimum Gasteiger partial charge on any atom is -0.348 e. The van der Waals surface area contributed by atoms with E-state index in [1.54, 1.807) is 36.7 Å². The maximum Gasteiger partial charge on any atom is 0.251 e. The first kappa shape index (κ1) is 16.1. The average molecular weight is 345 g/mol. The Labute approximate surface area is 139 Å². The lowest BCUT2D eigenvalue weighted by atomic mass is 10.1. The molecule has 2 aromatic rings. The third kappa shape index (κ3) is 3.28. The van der Waals surface area contributed by atoms with E-state index in [1.165, 1.54) is 12.1 Å². The van der Waals surface area contributed by atoms with E-state index in [-0.39, 0.29) is 29.3 Å². The fraction of sp³-hybridized carbons (Fsp3) is 0.188. The van der Waals surface area contributed by atoms with Crippen molar-refractivity contribution in [1.82, 2.24) is 10.3 Å². The Bertz CT molecular complexity index is 881. The number of carbonyl (C=O) groups excluding carboxylic acids is 2. The first-order chi connectivity index (χ1) is 11.5. The molecule has 2 amide bonds. The summed E-state index contributed by atoms with van der Waals surface area (Å²) in [5, 5.41) is 2.75. The molecule has 8 heteroatoms. The number of pyridine rings is 1. The molecule has 0 radical (unpaired) electrons. The van der Waals surface area contributed by atoms with E-state index in [2.05, 4.69) is 10.3 Å². The van der Waals surface area contributed by atoms with Gasteiger partial charge in [0, 0.05) is 30.9 Å². The molecule has 1 N–H and O–H groups in total. The van der Waals surface area contributed by atoms with Crippen LogP contribution >= 0.6 is 0 Å². The highest BCUT2D eigenvalue weighted by Crippen LogP contribution is 2.25. The molecule has 1 aromatic carbocycles. The Balaban J connectivity index is 1.78. The number of carbonyl (C=O) groups is 2. The Morgan fingerprint density at radius 1 is 1.21 bits per heavy atom. The first-order valence-corrected chi connectivity index (χ1v) is 8.91. The molecule has 1 aliphatic rings. The van der Waals surface area contributed by atoms with E-state index in [0.717, 1.165) is 9.87 Å². The van der Waals surface area contributed by atoms with Crippen molar-refractivity contribution in [1.29, 1.82) is 0 Å². The normalized spacial score (nSPS) is 16.2. The zero-order valence-corrected chi connectivity index (χ0v) is 13.5. The number of benzene rings is 1. The Morgan fingerprint density at radius 2 is 1.96 bits per heavy atom. The van der Waals surface area contributed by atoms with Crippen LogP contribution in [0.5, 0.6) is 0 Å². The number of sulfonamides is 1. The van der Waals surface area contributed by atoms with E-state index >= 15 is 0 Å². The Kier molecular flexibility index (Phi) is 4.30. The molecule has 0 saturated carbocycles. The van der Waals surface area contributed by atoms with E-state index in [1.807, 2.05) is 0 Å². The van der Waals surface area contributed by atoms with Gasteiger partial charge in [-0.15, -0.1) is 0 Å².